The van der Waals surface area contributed by atoms with Gasteiger partial charge in [0.2, 0.25) is 11.8 Å². The molecule has 0 aromatic heterocycles. The molecule has 1 unspecified atom stereocenters. The van der Waals surface area contributed by atoms with Gasteiger partial charge in [-0.05, 0) is 54.1 Å². The Morgan fingerprint density at radius 2 is 1.76 bits per heavy atom. The number of benzene rings is 3. The van der Waals surface area contributed by atoms with E-state index in [0.29, 0.717) is 45.8 Å². The van der Waals surface area contributed by atoms with Crippen molar-refractivity contribution in [1.82, 2.24) is 5.32 Å². The quantitative estimate of drug-likeness (QED) is 0.374. The maximum absolute atomic E-state index is 14.3. The number of rotatable bonds is 6. The van der Waals surface area contributed by atoms with E-state index in [1.54, 1.807) is 54.6 Å². The molecule has 9 heteroatoms. The maximum atomic E-state index is 14.3. The number of anilines is 1. The smallest absolute Gasteiger partial charge is 0.230 e. The van der Waals surface area contributed by atoms with Crippen LogP contribution in [0.15, 0.2) is 66.7 Å². The molecule has 2 amide bonds. The number of piperidine rings is 1. The van der Waals surface area contributed by atoms with Crippen molar-refractivity contribution in [2.24, 2.45) is 5.92 Å². The summed E-state index contributed by atoms with van der Waals surface area (Å²) in [6, 6.07) is 17.3. The van der Waals surface area contributed by atoms with Gasteiger partial charge < -0.3 is 20.1 Å². The Morgan fingerprint density at radius 3 is 2.53 bits per heavy atom. The molecule has 0 saturated carbocycles. The highest BCUT2D eigenvalue weighted by Crippen LogP contribution is 2.44. The fourth-order valence-electron chi connectivity index (χ4n) is 5.18. The summed E-state index contributed by atoms with van der Waals surface area (Å²) in [4.78, 5) is 27.0. The molecule has 5 rings (SSSR count). The van der Waals surface area contributed by atoms with Crippen LogP contribution in [0.25, 0.3) is 0 Å². The summed E-state index contributed by atoms with van der Waals surface area (Å²) in [5, 5.41) is 6.85. The van der Waals surface area contributed by atoms with E-state index in [-0.39, 0.29) is 24.3 Å². The zero-order valence-corrected chi connectivity index (χ0v) is 22.0. The van der Waals surface area contributed by atoms with Crippen LogP contribution >= 0.6 is 23.2 Å². The molecule has 2 saturated heterocycles. The summed E-state index contributed by atoms with van der Waals surface area (Å²) in [5.74, 6) is -1.91. The molecule has 0 bridgehead atoms. The van der Waals surface area contributed by atoms with Gasteiger partial charge in [0.05, 0.1) is 25.2 Å². The van der Waals surface area contributed by atoms with Crippen molar-refractivity contribution in [2.75, 3.05) is 18.5 Å². The van der Waals surface area contributed by atoms with Crippen LogP contribution in [-0.4, -0.2) is 31.1 Å². The third-order valence-electron chi connectivity index (χ3n) is 6.95. The summed E-state index contributed by atoms with van der Waals surface area (Å²) in [6.07, 6.45) is 1.40. The van der Waals surface area contributed by atoms with Crippen molar-refractivity contribution in [1.29, 1.82) is 0 Å². The SMILES string of the molecule is O=C1C[C@@H](c2cccc(F)c2)C(C(=O)Nc2cccc(Cl)c2)[C@@H](c2cc(Cl)ccc2OC2CCOCC2)N1. The van der Waals surface area contributed by atoms with Gasteiger partial charge in [0.15, 0.2) is 0 Å². The lowest BCUT2D eigenvalue weighted by atomic mass is 9.73. The first-order valence-corrected chi connectivity index (χ1v) is 13.3. The predicted octanol–water partition coefficient (Wildman–Crippen LogP) is 6.29. The number of nitrogens with one attached hydrogen (secondary N) is 2. The van der Waals surface area contributed by atoms with Crippen molar-refractivity contribution < 1.29 is 23.5 Å². The number of carbonyl (C=O) groups excluding carboxylic acids is 2. The first kappa shape index (κ1) is 26.5. The number of halogens is 3. The predicted molar refractivity (Wildman–Crippen MR) is 144 cm³/mol. The van der Waals surface area contributed by atoms with Crippen LogP contribution in [0.2, 0.25) is 10.0 Å². The molecule has 2 N–H and O–H groups in total. The lowest BCUT2D eigenvalue weighted by Gasteiger charge is -2.39. The molecule has 2 aliphatic rings. The highest BCUT2D eigenvalue weighted by Gasteiger charge is 2.44. The molecule has 3 aromatic rings. The molecule has 2 fully saturated rings. The van der Waals surface area contributed by atoms with Crippen molar-refractivity contribution in [3.05, 3.63) is 93.7 Å². The van der Waals surface area contributed by atoms with Crippen LogP contribution < -0.4 is 15.4 Å². The van der Waals surface area contributed by atoms with Crippen LogP contribution in [0.3, 0.4) is 0 Å². The Bertz CT molecular complexity index is 1330. The second-order valence-electron chi connectivity index (χ2n) is 9.55. The molecule has 6 nitrogen and oxygen atoms in total. The van der Waals surface area contributed by atoms with Crippen molar-refractivity contribution in [3.63, 3.8) is 0 Å². The highest BCUT2D eigenvalue weighted by atomic mass is 35.5. The molecule has 0 aliphatic carbocycles. The van der Waals surface area contributed by atoms with Crippen molar-refractivity contribution in [2.45, 2.75) is 37.3 Å². The Labute approximate surface area is 230 Å². The van der Waals surface area contributed by atoms with E-state index < -0.39 is 23.7 Å². The number of ether oxygens (including phenoxy) is 2. The van der Waals surface area contributed by atoms with Gasteiger partial charge in [0, 0.05) is 46.5 Å². The third-order valence-corrected chi connectivity index (χ3v) is 7.43. The fourth-order valence-corrected chi connectivity index (χ4v) is 5.55. The van der Waals surface area contributed by atoms with E-state index >= 15 is 0 Å². The first-order chi connectivity index (χ1) is 18.4. The van der Waals surface area contributed by atoms with E-state index in [4.69, 9.17) is 32.7 Å². The number of amides is 2. The van der Waals surface area contributed by atoms with Crippen LogP contribution in [0, 0.1) is 11.7 Å². The molecule has 3 aromatic carbocycles. The van der Waals surface area contributed by atoms with Crippen LogP contribution in [0.4, 0.5) is 10.1 Å². The van der Waals surface area contributed by atoms with Gasteiger partial charge in [-0.15, -0.1) is 0 Å². The van der Waals surface area contributed by atoms with Gasteiger partial charge in [-0.2, -0.15) is 0 Å². The van der Waals surface area contributed by atoms with Crippen LogP contribution in [-0.2, 0) is 14.3 Å². The van der Waals surface area contributed by atoms with Gasteiger partial charge in [0.1, 0.15) is 17.7 Å². The van der Waals surface area contributed by atoms with Gasteiger partial charge >= 0.3 is 0 Å². The number of hydrogen-bond donors (Lipinski definition) is 2. The molecule has 0 spiro atoms. The molecule has 2 aliphatic heterocycles. The van der Waals surface area contributed by atoms with Crippen molar-refractivity contribution in [3.8, 4) is 5.75 Å². The van der Waals surface area contributed by atoms with E-state index in [1.807, 2.05) is 0 Å². The molecule has 38 heavy (non-hydrogen) atoms. The standard InChI is InChI=1S/C29H27Cl2FN2O4/c30-18-4-2-6-21(14-18)33-29(36)27-23(17-3-1-5-20(32)13-17)16-26(35)34-28(27)24-15-19(31)7-8-25(24)38-22-9-11-37-12-10-22/h1-8,13-15,22-23,27-28H,9-12,16H2,(H,33,36)(H,34,35)/t23-,27?,28+/m0/s1. The summed E-state index contributed by atoms with van der Waals surface area (Å²) >= 11 is 12.6. The lowest BCUT2D eigenvalue weighted by Crippen LogP contribution is -2.47. The van der Waals surface area contributed by atoms with Crippen LogP contribution in [0.5, 0.6) is 5.75 Å². The normalized spacial score (nSPS) is 22.0. The van der Waals surface area contributed by atoms with E-state index in [0.717, 1.165) is 12.8 Å². The molecular weight excluding hydrogens is 530 g/mol. The number of hydrogen-bond acceptors (Lipinski definition) is 4. The summed E-state index contributed by atoms with van der Waals surface area (Å²) in [6.45, 7) is 1.19. The first-order valence-electron chi connectivity index (χ1n) is 12.5. The molecule has 198 valence electrons. The zero-order chi connectivity index (χ0) is 26.6. The Kier molecular flexibility index (Phi) is 8.17. The van der Waals surface area contributed by atoms with Gasteiger partial charge in [-0.25, -0.2) is 4.39 Å². The molecular formula is C29H27Cl2FN2O4. The van der Waals surface area contributed by atoms with E-state index in [1.165, 1.54) is 12.1 Å². The molecule has 0 radical (unpaired) electrons. The largest absolute Gasteiger partial charge is 0.490 e. The second-order valence-corrected chi connectivity index (χ2v) is 10.4. The number of carbonyl (C=O) groups is 2. The second kappa shape index (κ2) is 11.7. The fraction of sp³-hybridized carbons (Fsp3) is 0.310. The minimum Gasteiger partial charge on any atom is -0.490 e. The average molecular weight is 557 g/mol. The minimum absolute atomic E-state index is 0.0182. The van der Waals surface area contributed by atoms with Gasteiger partial charge in [-0.3, -0.25) is 9.59 Å². The Balaban J connectivity index is 1.57. The van der Waals surface area contributed by atoms with Crippen LogP contribution in [0.1, 0.15) is 42.3 Å². The zero-order valence-electron chi connectivity index (χ0n) is 20.5. The summed E-state index contributed by atoms with van der Waals surface area (Å²) in [7, 11) is 0. The average Bonchev–Trinajstić information content (AvgIpc) is 2.90. The highest BCUT2D eigenvalue weighted by molar-refractivity contribution is 6.31. The van der Waals surface area contributed by atoms with Gasteiger partial charge in [0.25, 0.3) is 0 Å². The van der Waals surface area contributed by atoms with Crippen molar-refractivity contribution >= 4 is 40.7 Å². The topological polar surface area (TPSA) is 76.7 Å². The van der Waals surface area contributed by atoms with Gasteiger partial charge in [-0.1, -0.05) is 41.4 Å². The summed E-state index contributed by atoms with van der Waals surface area (Å²) < 4.78 is 26.1. The maximum Gasteiger partial charge on any atom is 0.230 e. The summed E-state index contributed by atoms with van der Waals surface area (Å²) in [5.41, 5.74) is 1.66. The van der Waals surface area contributed by atoms with E-state index in [2.05, 4.69) is 10.6 Å². The monoisotopic (exact) mass is 556 g/mol. The Hall–Kier alpha value is -3.13. The minimum atomic E-state index is -0.802. The molecule has 2 heterocycles. The molecule has 3 atom stereocenters. The lowest BCUT2D eigenvalue weighted by molar-refractivity contribution is -0.129. The van der Waals surface area contributed by atoms with E-state index in [9.17, 15) is 14.0 Å². The Morgan fingerprint density at radius 1 is 1.00 bits per heavy atom. The third kappa shape index (κ3) is 6.12.